The molecule has 2 aromatic rings. The number of benzene rings is 2. The van der Waals surface area contributed by atoms with E-state index in [1.807, 2.05) is 18.2 Å². The molecule has 1 atom stereocenters. The van der Waals surface area contributed by atoms with Gasteiger partial charge in [-0.05, 0) is 17.7 Å². The summed E-state index contributed by atoms with van der Waals surface area (Å²) in [6.45, 7) is 3.76. The molecule has 4 rings (SSSR count). The number of hydrogen-bond acceptors (Lipinski definition) is 5. The summed E-state index contributed by atoms with van der Waals surface area (Å²) in [5.41, 5.74) is 1.72. The van der Waals surface area contributed by atoms with Gasteiger partial charge in [0.05, 0.1) is 17.7 Å². The van der Waals surface area contributed by atoms with Crippen molar-refractivity contribution in [3.63, 3.8) is 0 Å². The molecule has 0 radical (unpaired) electrons. The van der Waals surface area contributed by atoms with Crippen LogP contribution in [0.4, 0.5) is 0 Å². The van der Waals surface area contributed by atoms with E-state index in [2.05, 4.69) is 22.3 Å². The number of carbonyl (C=O) groups is 1. The third kappa shape index (κ3) is 4.35. The summed E-state index contributed by atoms with van der Waals surface area (Å²) in [5.74, 6) is 0.773. The number of ether oxygens (including phenoxy) is 3. The Balaban J connectivity index is 1.32. The first kappa shape index (κ1) is 18.1. The fourth-order valence-corrected chi connectivity index (χ4v) is 3.56. The Labute approximate surface area is 163 Å². The van der Waals surface area contributed by atoms with Crippen LogP contribution < -0.4 is 14.8 Å². The summed E-state index contributed by atoms with van der Waals surface area (Å²) >= 11 is 6.15. The van der Waals surface area contributed by atoms with Gasteiger partial charge in [0.15, 0.2) is 11.5 Å². The molecule has 0 spiro atoms. The zero-order valence-electron chi connectivity index (χ0n) is 14.8. The number of amides is 1. The van der Waals surface area contributed by atoms with Gasteiger partial charge in [-0.1, -0.05) is 41.9 Å². The first-order valence-electron chi connectivity index (χ1n) is 8.94. The molecule has 27 heavy (non-hydrogen) atoms. The minimum absolute atomic E-state index is 0.0455. The topological polar surface area (TPSA) is 60.0 Å². The summed E-state index contributed by atoms with van der Waals surface area (Å²) in [7, 11) is 0. The highest BCUT2D eigenvalue weighted by Gasteiger charge is 2.23. The summed E-state index contributed by atoms with van der Waals surface area (Å²) in [6, 6.07) is 13.6. The third-order valence-corrected chi connectivity index (χ3v) is 4.93. The lowest BCUT2D eigenvalue weighted by molar-refractivity contribution is -0.0292. The Morgan fingerprint density at radius 2 is 2.07 bits per heavy atom. The molecule has 2 aliphatic heterocycles. The lowest BCUT2D eigenvalue weighted by atomic mass is 10.1. The maximum atomic E-state index is 12.5. The van der Waals surface area contributed by atoms with Crippen LogP contribution in [0.5, 0.6) is 11.5 Å². The third-order valence-electron chi connectivity index (χ3n) is 4.65. The van der Waals surface area contributed by atoms with E-state index in [4.69, 9.17) is 25.8 Å². The minimum Gasteiger partial charge on any atom is -0.454 e. The van der Waals surface area contributed by atoms with Gasteiger partial charge >= 0.3 is 0 Å². The first-order chi connectivity index (χ1) is 13.2. The van der Waals surface area contributed by atoms with E-state index in [0.29, 0.717) is 35.2 Å². The van der Waals surface area contributed by atoms with Gasteiger partial charge in [-0.25, -0.2) is 0 Å². The molecule has 0 aromatic heterocycles. The fourth-order valence-electron chi connectivity index (χ4n) is 3.30. The van der Waals surface area contributed by atoms with Gasteiger partial charge in [0.1, 0.15) is 0 Å². The quantitative estimate of drug-likeness (QED) is 0.853. The van der Waals surface area contributed by atoms with Gasteiger partial charge in [-0.3, -0.25) is 9.69 Å². The summed E-state index contributed by atoms with van der Waals surface area (Å²) in [6.07, 6.45) is -0.0455. The van der Waals surface area contributed by atoms with Crippen LogP contribution in [-0.4, -0.2) is 49.9 Å². The van der Waals surface area contributed by atoms with Crippen molar-refractivity contribution in [1.29, 1.82) is 0 Å². The number of morpholine rings is 1. The predicted molar refractivity (Wildman–Crippen MR) is 101 cm³/mol. The maximum Gasteiger partial charge on any atom is 0.251 e. The lowest BCUT2D eigenvalue weighted by Gasteiger charge is -2.33. The van der Waals surface area contributed by atoms with Gasteiger partial charge in [0, 0.05) is 31.7 Å². The van der Waals surface area contributed by atoms with E-state index in [0.717, 1.165) is 19.6 Å². The van der Waals surface area contributed by atoms with Gasteiger partial charge in [-0.15, -0.1) is 0 Å². The normalized spacial score (nSPS) is 19.1. The van der Waals surface area contributed by atoms with Crippen LogP contribution in [0.15, 0.2) is 42.5 Å². The predicted octanol–water partition coefficient (Wildman–Crippen LogP) is 2.70. The number of rotatable bonds is 5. The van der Waals surface area contributed by atoms with Crippen molar-refractivity contribution in [3.05, 3.63) is 58.6 Å². The molecule has 0 bridgehead atoms. The van der Waals surface area contributed by atoms with E-state index in [9.17, 15) is 4.79 Å². The molecule has 0 aliphatic carbocycles. The van der Waals surface area contributed by atoms with Crippen LogP contribution in [0, 0.1) is 0 Å². The van der Waals surface area contributed by atoms with E-state index in [1.165, 1.54) is 5.56 Å². The van der Waals surface area contributed by atoms with E-state index < -0.39 is 0 Å². The highest BCUT2D eigenvalue weighted by Crippen LogP contribution is 2.39. The van der Waals surface area contributed by atoms with Crippen LogP contribution in [0.25, 0.3) is 0 Å². The van der Waals surface area contributed by atoms with Crippen LogP contribution in [0.3, 0.4) is 0 Å². The number of nitrogens with one attached hydrogen (secondary N) is 1. The maximum absolute atomic E-state index is 12.5. The summed E-state index contributed by atoms with van der Waals surface area (Å²) < 4.78 is 16.4. The van der Waals surface area contributed by atoms with Crippen LogP contribution >= 0.6 is 11.6 Å². The molecule has 1 fully saturated rings. The van der Waals surface area contributed by atoms with Crippen molar-refractivity contribution in [2.24, 2.45) is 0 Å². The van der Waals surface area contributed by atoms with Gasteiger partial charge in [0.2, 0.25) is 6.79 Å². The van der Waals surface area contributed by atoms with Crippen LogP contribution in [-0.2, 0) is 11.3 Å². The Morgan fingerprint density at radius 1 is 1.22 bits per heavy atom. The monoisotopic (exact) mass is 388 g/mol. The molecule has 142 valence electrons. The second kappa shape index (κ2) is 8.17. The molecular formula is C20H21ClN2O4. The Hall–Kier alpha value is -2.28. The largest absolute Gasteiger partial charge is 0.454 e. The lowest BCUT2D eigenvalue weighted by Crippen LogP contribution is -2.47. The number of nitrogens with zero attached hydrogens (tertiary/aromatic N) is 1. The van der Waals surface area contributed by atoms with Crippen molar-refractivity contribution in [2.75, 3.05) is 33.0 Å². The molecule has 1 amide bonds. The zero-order valence-corrected chi connectivity index (χ0v) is 15.6. The van der Waals surface area contributed by atoms with E-state index in [-0.39, 0.29) is 18.8 Å². The summed E-state index contributed by atoms with van der Waals surface area (Å²) in [5, 5.41) is 3.30. The van der Waals surface area contributed by atoms with Gasteiger partial charge in [0.25, 0.3) is 5.91 Å². The Kier molecular flexibility index (Phi) is 5.48. The SMILES string of the molecule is O=C(NC[C@@H]1CN(Cc2ccccc2)CCO1)c1cc(Cl)c2c(c1)OCO2. The van der Waals surface area contributed by atoms with Crippen molar-refractivity contribution < 1.29 is 19.0 Å². The highest BCUT2D eigenvalue weighted by molar-refractivity contribution is 6.32. The average Bonchev–Trinajstić information content (AvgIpc) is 3.16. The Morgan fingerprint density at radius 3 is 2.93 bits per heavy atom. The molecule has 6 nitrogen and oxygen atoms in total. The first-order valence-corrected chi connectivity index (χ1v) is 9.32. The number of hydrogen-bond donors (Lipinski definition) is 1. The van der Waals surface area contributed by atoms with Crippen molar-refractivity contribution >= 4 is 17.5 Å². The van der Waals surface area contributed by atoms with E-state index in [1.54, 1.807) is 12.1 Å². The second-order valence-electron chi connectivity index (χ2n) is 6.62. The number of halogens is 1. The Bertz CT molecular complexity index is 815. The zero-order chi connectivity index (χ0) is 18.6. The highest BCUT2D eigenvalue weighted by atomic mass is 35.5. The molecule has 2 aliphatic rings. The molecule has 1 saturated heterocycles. The molecule has 2 aromatic carbocycles. The van der Waals surface area contributed by atoms with Crippen LogP contribution in [0.1, 0.15) is 15.9 Å². The van der Waals surface area contributed by atoms with Crippen molar-refractivity contribution in [2.45, 2.75) is 12.6 Å². The van der Waals surface area contributed by atoms with Gasteiger partial charge in [-0.2, -0.15) is 0 Å². The number of fused-ring (bicyclic) bond motifs is 1. The fraction of sp³-hybridized carbons (Fsp3) is 0.350. The van der Waals surface area contributed by atoms with Crippen LogP contribution in [0.2, 0.25) is 5.02 Å². The van der Waals surface area contributed by atoms with Crippen molar-refractivity contribution in [3.8, 4) is 11.5 Å². The summed E-state index contributed by atoms with van der Waals surface area (Å²) in [4.78, 5) is 14.8. The number of carbonyl (C=O) groups excluding carboxylic acids is 1. The smallest absolute Gasteiger partial charge is 0.251 e. The standard InChI is InChI=1S/C20H21ClN2O4/c21-17-8-15(9-18-19(17)27-13-26-18)20(24)22-10-16-12-23(6-7-25-16)11-14-4-2-1-3-5-14/h1-5,8-9,16H,6-7,10-13H2,(H,22,24)/t16-/m1/s1. The molecule has 2 heterocycles. The molecule has 0 unspecified atom stereocenters. The molecule has 7 heteroatoms. The minimum atomic E-state index is -0.209. The second-order valence-corrected chi connectivity index (χ2v) is 7.02. The molecular weight excluding hydrogens is 368 g/mol. The molecule has 1 N–H and O–H groups in total. The van der Waals surface area contributed by atoms with Gasteiger partial charge < -0.3 is 19.5 Å². The average molecular weight is 389 g/mol. The van der Waals surface area contributed by atoms with Crippen molar-refractivity contribution in [1.82, 2.24) is 10.2 Å². The molecule has 0 saturated carbocycles. The van der Waals surface area contributed by atoms with E-state index >= 15 is 0 Å².